The fourth-order valence-electron chi connectivity index (χ4n) is 2.19. The van der Waals surface area contributed by atoms with Gasteiger partial charge in [-0.05, 0) is 29.4 Å². The topological polar surface area (TPSA) is 49.4 Å². The van der Waals surface area contributed by atoms with Crippen molar-refractivity contribution in [2.75, 3.05) is 14.1 Å². The van der Waals surface area contributed by atoms with Crippen LogP contribution in [0.3, 0.4) is 0 Å². The Bertz CT molecular complexity index is 534. The van der Waals surface area contributed by atoms with Crippen LogP contribution in [0.4, 0.5) is 0 Å². The van der Waals surface area contributed by atoms with Gasteiger partial charge in [0.25, 0.3) is 10.2 Å². The molecule has 4 nitrogen and oxygen atoms in total. The summed E-state index contributed by atoms with van der Waals surface area (Å²) in [5.74, 6) is 0.791. The van der Waals surface area contributed by atoms with Crippen molar-refractivity contribution in [1.29, 1.82) is 0 Å². The molecular weight excluding hydrogens is 284 g/mol. The van der Waals surface area contributed by atoms with Gasteiger partial charge in [-0.15, -0.1) is 0 Å². The van der Waals surface area contributed by atoms with Gasteiger partial charge in [-0.25, -0.2) is 0 Å². The molecule has 0 saturated heterocycles. The average molecular weight is 312 g/mol. The van der Waals surface area contributed by atoms with E-state index in [-0.39, 0.29) is 12.0 Å². The van der Waals surface area contributed by atoms with Crippen molar-refractivity contribution in [2.45, 2.75) is 40.2 Å². The molecule has 0 aromatic heterocycles. The van der Waals surface area contributed by atoms with E-state index in [1.807, 2.05) is 26.0 Å². The van der Waals surface area contributed by atoms with Gasteiger partial charge in [-0.3, -0.25) is 0 Å². The molecule has 21 heavy (non-hydrogen) atoms. The lowest BCUT2D eigenvalue weighted by molar-refractivity contribution is 0.437. The van der Waals surface area contributed by atoms with Gasteiger partial charge in [0.1, 0.15) is 0 Å². The zero-order valence-electron chi connectivity index (χ0n) is 13.9. The molecule has 0 aliphatic heterocycles. The van der Waals surface area contributed by atoms with Crippen LogP contribution >= 0.6 is 0 Å². The Kier molecular flexibility index (Phi) is 6.38. The quantitative estimate of drug-likeness (QED) is 0.841. The zero-order valence-corrected chi connectivity index (χ0v) is 14.7. The lowest BCUT2D eigenvalue weighted by Crippen LogP contribution is -2.39. The molecule has 1 aromatic rings. The Morgan fingerprint density at radius 2 is 1.57 bits per heavy atom. The predicted molar refractivity (Wildman–Crippen MR) is 88.3 cm³/mol. The molecule has 0 bridgehead atoms. The van der Waals surface area contributed by atoms with Gasteiger partial charge in [0.2, 0.25) is 0 Å². The van der Waals surface area contributed by atoms with Crippen LogP contribution in [0.5, 0.6) is 0 Å². The molecule has 0 aliphatic carbocycles. The molecule has 0 heterocycles. The van der Waals surface area contributed by atoms with E-state index in [1.165, 1.54) is 24.0 Å². The largest absolute Gasteiger partial charge is 0.279 e. The number of nitrogens with zero attached hydrogens (tertiary/aromatic N) is 1. The first kappa shape index (κ1) is 18.1. The summed E-state index contributed by atoms with van der Waals surface area (Å²) in [7, 11) is -0.370. The van der Waals surface area contributed by atoms with Crippen molar-refractivity contribution in [3.05, 3.63) is 35.4 Å². The van der Waals surface area contributed by atoms with E-state index in [9.17, 15) is 8.42 Å². The summed E-state index contributed by atoms with van der Waals surface area (Å²) in [4.78, 5) is 0. The molecular formula is C16H28N2O2S. The molecule has 0 saturated carbocycles. The summed E-state index contributed by atoms with van der Waals surface area (Å²) in [6, 6.07) is 8.02. The van der Waals surface area contributed by atoms with Crippen LogP contribution < -0.4 is 4.72 Å². The summed E-state index contributed by atoms with van der Waals surface area (Å²) >= 11 is 0. The van der Waals surface area contributed by atoms with Crippen LogP contribution in [0.2, 0.25) is 0 Å². The van der Waals surface area contributed by atoms with Crippen LogP contribution in [-0.2, 0) is 16.6 Å². The number of hydrogen-bond donors (Lipinski definition) is 1. The maximum atomic E-state index is 12.0. The molecule has 0 spiro atoms. The van der Waals surface area contributed by atoms with Crippen LogP contribution in [0.1, 0.15) is 44.9 Å². The smallest absolute Gasteiger partial charge is 0.195 e. The monoisotopic (exact) mass is 312 g/mol. The van der Waals surface area contributed by atoms with Gasteiger partial charge >= 0.3 is 0 Å². The minimum atomic E-state index is -3.44. The van der Waals surface area contributed by atoms with E-state index in [0.29, 0.717) is 5.92 Å². The number of rotatable bonds is 7. The molecule has 0 fully saturated rings. The van der Waals surface area contributed by atoms with Crippen LogP contribution in [0.25, 0.3) is 0 Å². The Labute approximate surface area is 129 Å². The van der Waals surface area contributed by atoms with E-state index in [2.05, 4.69) is 30.7 Å². The maximum absolute atomic E-state index is 12.0. The molecule has 120 valence electrons. The third-order valence-electron chi connectivity index (χ3n) is 3.41. The number of benzene rings is 1. The summed E-state index contributed by atoms with van der Waals surface area (Å²) < 4.78 is 28.1. The van der Waals surface area contributed by atoms with Crippen molar-refractivity contribution in [2.24, 2.45) is 11.8 Å². The number of nitrogens with one attached hydrogen (secondary N) is 1. The number of hydrogen-bond acceptors (Lipinski definition) is 2. The average Bonchev–Trinajstić information content (AvgIpc) is 2.36. The van der Waals surface area contributed by atoms with E-state index >= 15 is 0 Å². The molecule has 0 radical (unpaired) electrons. The van der Waals surface area contributed by atoms with Gasteiger partial charge in [-0.1, -0.05) is 52.0 Å². The summed E-state index contributed by atoms with van der Waals surface area (Å²) in [6.45, 7) is 8.42. The molecule has 1 rings (SSSR count). The highest BCUT2D eigenvalue weighted by molar-refractivity contribution is 7.87. The Morgan fingerprint density at radius 3 is 1.95 bits per heavy atom. The highest BCUT2D eigenvalue weighted by Gasteiger charge is 2.23. The van der Waals surface area contributed by atoms with Crippen molar-refractivity contribution in [3.63, 3.8) is 0 Å². The molecule has 0 amide bonds. The highest BCUT2D eigenvalue weighted by Crippen LogP contribution is 2.24. The Hall–Kier alpha value is -0.910. The van der Waals surface area contributed by atoms with E-state index < -0.39 is 10.2 Å². The first-order chi connectivity index (χ1) is 9.63. The normalized spacial score (nSPS) is 14.1. The van der Waals surface area contributed by atoms with E-state index in [4.69, 9.17) is 0 Å². The van der Waals surface area contributed by atoms with Crippen molar-refractivity contribution in [3.8, 4) is 0 Å². The van der Waals surface area contributed by atoms with Crippen LogP contribution in [-0.4, -0.2) is 26.8 Å². The predicted octanol–water partition coefficient (Wildman–Crippen LogP) is 2.98. The van der Waals surface area contributed by atoms with E-state index in [0.717, 1.165) is 12.0 Å². The summed E-state index contributed by atoms with van der Waals surface area (Å²) in [5, 5.41) is 0. The van der Waals surface area contributed by atoms with Gasteiger partial charge in [-0.2, -0.15) is 17.4 Å². The zero-order chi connectivity index (χ0) is 16.2. The van der Waals surface area contributed by atoms with Gasteiger partial charge in [0.15, 0.2) is 0 Å². The third kappa shape index (κ3) is 5.41. The van der Waals surface area contributed by atoms with Gasteiger partial charge in [0.05, 0.1) is 6.04 Å². The Morgan fingerprint density at radius 1 is 1.05 bits per heavy atom. The highest BCUT2D eigenvalue weighted by atomic mass is 32.2. The molecule has 1 N–H and O–H groups in total. The summed E-state index contributed by atoms with van der Waals surface area (Å²) in [6.07, 6.45) is 1.04. The molecule has 1 aromatic carbocycles. The standard InChI is InChI=1S/C16H28N2O2S/c1-12(2)11-14-7-9-15(10-8-14)16(13(3)4)17-21(19,20)18(5)6/h7-10,12-13,16-17H,11H2,1-6H3. The minimum absolute atomic E-state index is 0.177. The second-order valence-corrected chi connectivity index (χ2v) is 8.38. The van der Waals surface area contributed by atoms with Gasteiger partial charge in [0, 0.05) is 14.1 Å². The fourth-order valence-corrected chi connectivity index (χ4v) is 3.13. The first-order valence-electron chi connectivity index (χ1n) is 7.42. The van der Waals surface area contributed by atoms with Crippen molar-refractivity contribution in [1.82, 2.24) is 9.03 Å². The molecule has 1 atom stereocenters. The van der Waals surface area contributed by atoms with Crippen LogP contribution in [0, 0.1) is 11.8 Å². The molecule has 5 heteroatoms. The SMILES string of the molecule is CC(C)Cc1ccc(C(NS(=O)(=O)N(C)C)C(C)C)cc1. The molecule has 1 unspecified atom stereocenters. The first-order valence-corrected chi connectivity index (χ1v) is 8.86. The lowest BCUT2D eigenvalue weighted by atomic mass is 9.94. The van der Waals surface area contributed by atoms with Gasteiger partial charge < -0.3 is 0 Å². The second kappa shape index (κ2) is 7.38. The minimum Gasteiger partial charge on any atom is -0.195 e. The fraction of sp³-hybridized carbons (Fsp3) is 0.625. The van der Waals surface area contributed by atoms with Crippen molar-refractivity contribution >= 4 is 10.2 Å². The summed E-state index contributed by atoms with van der Waals surface area (Å²) in [5.41, 5.74) is 2.29. The maximum Gasteiger partial charge on any atom is 0.279 e. The second-order valence-electron chi connectivity index (χ2n) is 6.47. The van der Waals surface area contributed by atoms with Crippen molar-refractivity contribution < 1.29 is 8.42 Å². The van der Waals surface area contributed by atoms with E-state index in [1.54, 1.807) is 0 Å². The lowest BCUT2D eigenvalue weighted by Gasteiger charge is -2.25. The van der Waals surface area contributed by atoms with Crippen LogP contribution in [0.15, 0.2) is 24.3 Å². The molecule has 0 aliphatic rings. The third-order valence-corrected chi connectivity index (χ3v) is 4.92. The Balaban J connectivity index is 2.97.